The Kier molecular flexibility index (Phi) is 8.43. The Morgan fingerprint density at radius 3 is 2.23 bits per heavy atom. The lowest BCUT2D eigenvalue weighted by atomic mass is 10.1. The second kappa shape index (κ2) is 11.3. The van der Waals surface area contributed by atoms with Crippen LogP contribution in [0.3, 0.4) is 0 Å². The predicted molar refractivity (Wildman–Crippen MR) is 125 cm³/mol. The van der Waals surface area contributed by atoms with E-state index in [2.05, 4.69) is 39.4 Å². The van der Waals surface area contributed by atoms with Gasteiger partial charge >= 0.3 is 0 Å². The Balaban J connectivity index is 1.55. The van der Waals surface area contributed by atoms with Crippen LogP contribution in [0, 0.1) is 0 Å². The molecule has 3 aromatic carbocycles. The molecular weight excluding hydrogens is 466 g/mol. The van der Waals surface area contributed by atoms with Gasteiger partial charge in [-0.05, 0) is 82.0 Å². The average molecular weight is 491 g/mol. The minimum Gasteiger partial charge on any atom is -0.497 e. The SMILES string of the molecule is COc1ccc(CCNCc2cc(Br)c(OCc3ccc(Cl)cc3)c(OC)c2)cc1. The van der Waals surface area contributed by atoms with Crippen LogP contribution in [0.15, 0.2) is 65.1 Å². The molecule has 0 bridgehead atoms. The largest absolute Gasteiger partial charge is 0.497 e. The van der Waals surface area contributed by atoms with Crippen molar-refractivity contribution in [2.45, 2.75) is 19.6 Å². The molecule has 0 radical (unpaired) electrons. The van der Waals surface area contributed by atoms with Crippen molar-refractivity contribution in [2.24, 2.45) is 0 Å². The highest BCUT2D eigenvalue weighted by molar-refractivity contribution is 9.10. The third kappa shape index (κ3) is 6.39. The summed E-state index contributed by atoms with van der Waals surface area (Å²) in [5.74, 6) is 2.27. The molecule has 3 aromatic rings. The summed E-state index contributed by atoms with van der Waals surface area (Å²) in [7, 11) is 3.33. The van der Waals surface area contributed by atoms with Crippen molar-refractivity contribution < 1.29 is 14.2 Å². The van der Waals surface area contributed by atoms with Gasteiger partial charge in [-0.3, -0.25) is 0 Å². The summed E-state index contributed by atoms with van der Waals surface area (Å²) < 4.78 is 17.6. The first-order valence-electron chi connectivity index (χ1n) is 9.66. The molecule has 0 aliphatic heterocycles. The number of halogens is 2. The van der Waals surface area contributed by atoms with E-state index < -0.39 is 0 Å². The molecule has 0 aromatic heterocycles. The highest BCUT2D eigenvalue weighted by Crippen LogP contribution is 2.37. The molecule has 0 atom stereocenters. The van der Waals surface area contributed by atoms with Crippen LogP contribution in [0.5, 0.6) is 17.2 Å². The Bertz CT molecular complexity index is 946. The van der Waals surface area contributed by atoms with Gasteiger partial charge in [0.2, 0.25) is 0 Å². The lowest BCUT2D eigenvalue weighted by Gasteiger charge is -2.15. The van der Waals surface area contributed by atoms with Crippen LogP contribution >= 0.6 is 27.5 Å². The van der Waals surface area contributed by atoms with E-state index in [9.17, 15) is 0 Å². The number of benzene rings is 3. The van der Waals surface area contributed by atoms with E-state index in [1.807, 2.05) is 42.5 Å². The van der Waals surface area contributed by atoms with E-state index in [0.29, 0.717) is 23.1 Å². The van der Waals surface area contributed by atoms with Crippen LogP contribution < -0.4 is 19.5 Å². The summed E-state index contributed by atoms with van der Waals surface area (Å²) >= 11 is 9.56. The van der Waals surface area contributed by atoms with Gasteiger partial charge < -0.3 is 19.5 Å². The second-order valence-electron chi connectivity index (χ2n) is 6.80. The summed E-state index contributed by atoms with van der Waals surface area (Å²) in [5, 5.41) is 4.19. The molecule has 0 fully saturated rings. The van der Waals surface area contributed by atoms with Gasteiger partial charge in [-0.25, -0.2) is 0 Å². The average Bonchev–Trinajstić information content (AvgIpc) is 2.77. The molecule has 4 nitrogen and oxygen atoms in total. The number of rotatable bonds is 10. The first-order chi connectivity index (χ1) is 14.6. The molecular formula is C24H25BrClNO3. The smallest absolute Gasteiger partial charge is 0.175 e. The third-order valence-corrected chi connectivity index (χ3v) is 5.51. The molecule has 0 spiro atoms. The Morgan fingerprint density at radius 1 is 0.867 bits per heavy atom. The number of hydrogen-bond donors (Lipinski definition) is 1. The maximum Gasteiger partial charge on any atom is 0.175 e. The molecule has 0 saturated heterocycles. The topological polar surface area (TPSA) is 39.7 Å². The van der Waals surface area contributed by atoms with Crippen LogP contribution in [-0.4, -0.2) is 20.8 Å². The van der Waals surface area contributed by atoms with Crippen molar-refractivity contribution in [3.05, 3.63) is 86.8 Å². The van der Waals surface area contributed by atoms with Gasteiger partial charge in [-0.2, -0.15) is 0 Å². The lowest BCUT2D eigenvalue weighted by molar-refractivity contribution is 0.282. The summed E-state index contributed by atoms with van der Waals surface area (Å²) in [4.78, 5) is 0. The van der Waals surface area contributed by atoms with Gasteiger partial charge in [-0.1, -0.05) is 35.9 Å². The van der Waals surface area contributed by atoms with Crippen molar-refractivity contribution in [3.63, 3.8) is 0 Å². The fourth-order valence-corrected chi connectivity index (χ4v) is 3.74. The van der Waals surface area contributed by atoms with Gasteiger partial charge in [0.1, 0.15) is 12.4 Å². The van der Waals surface area contributed by atoms with E-state index >= 15 is 0 Å². The lowest BCUT2D eigenvalue weighted by Crippen LogP contribution is -2.16. The minimum atomic E-state index is 0.436. The van der Waals surface area contributed by atoms with Crippen molar-refractivity contribution >= 4 is 27.5 Å². The van der Waals surface area contributed by atoms with Crippen molar-refractivity contribution in [2.75, 3.05) is 20.8 Å². The zero-order valence-electron chi connectivity index (χ0n) is 17.1. The van der Waals surface area contributed by atoms with Crippen LogP contribution in [0.1, 0.15) is 16.7 Å². The standard InChI is InChI=1S/C24H25BrClNO3/c1-28-21-9-5-17(6-10-21)11-12-27-15-19-13-22(25)24(23(14-19)29-2)30-16-18-3-7-20(26)8-4-18/h3-10,13-14,27H,11-12,15-16H2,1-2H3. The first-order valence-corrected chi connectivity index (χ1v) is 10.8. The molecule has 0 aliphatic carbocycles. The third-order valence-electron chi connectivity index (χ3n) is 4.66. The van der Waals surface area contributed by atoms with Crippen LogP contribution in [0.25, 0.3) is 0 Å². The highest BCUT2D eigenvalue weighted by Gasteiger charge is 2.12. The monoisotopic (exact) mass is 489 g/mol. The van der Waals surface area contributed by atoms with E-state index in [1.165, 1.54) is 5.56 Å². The molecule has 0 aliphatic rings. The van der Waals surface area contributed by atoms with Gasteiger partial charge in [-0.15, -0.1) is 0 Å². The van der Waals surface area contributed by atoms with Gasteiger partial charge in [0, 0.05) is 11.6 Å². The fraction of sp³-hybridized carbons (Fsp3) is 0.250. The maximum absolute atomic E-state index is 6.00. The zero-order valence-corrected chi connectivity index (χ0v) is 19.4. The van der Waals surface area contributed by atoms with Crippen LogP contribution in [0.4, 0.5) is 0 Å². The number of hydrogen-bond acceptors (Lipinski definition) is 4. The summed E-state index contributed by atoms with van der Waals surface area (Å²) in [6.07, 6.45) is 0.949. The molecule has 0 unspecified atom stereocenters. The fourth-order valence-electron chi connectivity index (χ4n) is 3.01. The zero-order chi connectivity index (χ0) is 21.3. The van der Waals surface area contributed by atoms with E-state index in [1.54, 1.807) is 14.2 Å². The highest BCUT2D eigenvalue weighted by atomic mass is 79.9. The quantitative estimate of drug-likeness (QED) is 0.352. The van der Waals surface area contributed by atoms with E-state index in [-0.39, 0.29) is 0 Å². The number of ether oxygens (including phenoxy) is 3. The van der Waals surface area contributed by atoms with E-state index in [0.717, 1.165) is 40.9 Å². The molecule has 30 heavy (non-hydrogen) atoms. The van der Waals surface area contributed by atoms with Crippen LogP contribution in [-0.2, 0) is 19.6 Å². The predicted octanol–water partition coefficient (Wildman–Crippen LogP) is 6.03. The molecule has 0 saturated carbocycles. The minimum absolute atomic E-state index is 0.436. The van der Waals surface area contributed by atoms with Crippen molar-refractivity contribution in [1.82, 2.24) is 5.32 Å². The van der Waals surface area contributed by atoms with Gasteiger partial charge in [0.25, 0.3) is 0 Å². The maximum atomic E-state index is 6.00. The van der Waals surface area contributed by atoms with Crippen molar-refractivity contribution in [3.8, 4) is 17.2 Å². The molecule has 6 heteroatoms. The molecule has 1 N–H and O–H groups in total. The summed E-state index contributed by atoms with van der Waals surface area (Å²) in [6.45, 7) is 2.05. The van der Waals surface area contributed by atoms with E-state index in [4.69, 9.17) is 25.8 Å². The summed E-state index contributed by atoms with van der Waals surface area (Å²) in [5.41, 5.74) is 3.43. The van der Waals surface area contributed by atoms with Gasteiger partial charge in [0.05, 0.1) is 18.7 Å². The van der Waals surface area contributed by atoms with Gasteiger partial charge in [0.15, 0.2) is 11.5 Å². The molecule has 0 heterocycles. The number of methoxy groups -OCH3 is 2. The molecule has 3 rings (SSSR count). The summed E-state index contributed by atoms with van der Waals surface area (Å²) in [6, 6.07) is 19.8. The Hall–Kier alpha value is -2.21. The number of nitrogens with one attached hydrogen (secondary N) is 1. The van der Waals surface area contributed by atoms with Crippen molar-refractivity contribution in [1.29, 1.82) is 0 Å². The second-order valence-corrected chi connectivity index (χ2v) is 8.09. The van der Waals surface area contributed by atoms with Crippen LogP contribution in [0.2, 0.25) is 5.02 Å². The Morgan fingerprint density at radius 2 is 1.57 bits per heavy atom. The Labute approximate surface area is 191 Å². The molecule has 0 amide bonds. The molecule has 158 valence electrons. The first kappa shape index (κ1) is 22.5. The normalized spacial score (nSPS) is 10.7.